The monoisotopic (exact) mass is 263 g/mol. The van der Waals surface area contributed by atoms with Crippen molar-refractivity contribution >= 4 is 11.0 Å². The van der Waals surface area contributed by atoms with Gasteiger partial charge in [-0.2, -0.15) is 0 Å². The number of fused-ring (bicyclic) bond motifs is 1. The maximum Gasteiger partial charge on any atom is 0.151 e. The smallest absolute Gasteiger partial charge is 0.151 e. The van der Waals surface area contributed by atoms with Crippen LogP contribution in [0.2, 0.25) is 0 Å². The molecule has 104 valence electrons. The molecule has 1 aromatic heterocycles. The lowest BCUT2D eigenvalue weighted by molar-refractivity contribution is 0.515. The zero-order chi connectivity index (χ0) is 14.0. The van der Waals surface area contributed by atoms with E-state index in [1.165, 1.54) is 6.07 Å². The molecule has 1 heterocycles. The molecule has 0 saturated carbocycles. The molecule has 0 aliphatic carbocycles. The minimum Gasteiger partial charge on any atom is -0.330 e. The summed E-state index contributed by atoms with van der Waals surface area (Å²) in [7, 11) is 0. The molecule has 1 atom stereocenters. The molecular formula is C15H22FN3. The number of hydrogen-bond acceptors (Lipinski definition) is 2. The van der Waals surface area contributed by atoms with Crippen molar-refractivity contribution < 1.29 is 4.39 Å². The number of para-hydroxylation sites is 1. The fraction of sp³-hybridized carbons (Fsp3) is 0.533. The predicted octanol–water partition coefficient (Wildman–Crippen LogP) is 3.60. The first-order valence-electron chi connectivity index (χ1n) is 6.96. The molecule has 0 saturated heterocycles. The van der Waals surface area contributed by atoms with E-state index in [-0.39, 0.29) is 17.8 Å². The number of benzene rings is 1. The molecule has 0 radical (unpaired) electrons. The zero-order valence-electron chi connectivity index (χ0n) is 11.9. The van der Waals surface area contributed by atoms with Crippen LogP contribution in [0, 0.1) is 5.82 Å². The first kappa shape index (κ1) is 14.0. The van der Waals surface area contributed by atoms with Gasteiger partial charge in [0.1, 0.15) is 11.3 Å². The molecule has 0 aliphatic heterocycles. The Morgan fingerprint density at radius 3 is 2.68 bits per heavy atom. The highest BCUT2D eigenvalue weighted by atomic mass is 19.1. The average Bonchev–Trinajstić information content (AvgIpc) is 2.76. The first-order chi connectivity index (χ1) is 9.10. The number of imidazole rings is 1. The van der Waals surface area contributed by atoms with Crippen molar-refractivity contribution in [2.24, 2.45) is 5.73 Å². The molecule has 2 N–H and O–H groups in total. The van der Waals surface area contributed by atoms with Gasteiger partial charge in [0, 0.05) is 18.5 Å². The van der Waals surface area contributed by atoms with Crippen molar-refractivity contribution in [3.05, 3.63) is 29.8 Å². The van der Waals surface area contributed by atoms with Gasteiger partial charge in [-0.1, -0.05) is 19.4 Å². The van der Waals surface area contributed by atoms with Crippen molar-refractivity contribution in [1.29, 1.82) is 0 Å². The van der Waals surface area contributed by atoms with Crippen LogP contribution in [-0.2, 0) is 0 Å². The fourth-order valence-electron chi connectivity index (χ4n) is 2.63. The molecule has 3 nitrogen and oxygen atoms in total. The molecule has 0 fully saturated rings. The highest BCUT2D eigenvalue weighted by Crippen LogP contribution is 2.29. The van der Waals surface area contributed by atoms with E-state index in [0.717, 1.165) is 24.2 Å². The Morgan fingerprint density at radius 1 is 1.37 bits per heavy atom. The second kappa shape index (κ2) is 5.70. The van der Waals surface area contributed by atoms with Crippen molar-refractivity contribution in [3.8, 4) is 0 Å². The Kier molecular flexibility index (Phi) is 4.20. The standard InChI is InChI=1S/C15H22FN3/c1-4-6-11(9-17)15-18-14-12(16)7-5-8-13(14)19(15)10(2)3/h5,7-8,10-11H,4,6,9,17H2,1-3H3. The van der Waals surface area contributed by atoms with E-state index in [1.54, 1.807) is 6.07 Å². The Balaban J connectivity index is 2.65. The third-order valence-electron chi connectivity index (χ3n) is 3.50. The van der Waals surface area contributed by atoms with Crippen molar-refractivity contribution in [2.75, 3.05) is 6.54 Å². The Labute approximate surface area is 113 Å². The summed E-state index contributed by atoms with van der Waals surface area (Å²) in [5.74, 6) is 0.851. The van der Waals surface area contributed by atoms with Gasteiger partial charge in [-0.05, 0) is 32.4 Å². The van der Waals surface area contributed by atoms with Gasteiger partial charge < -0.3 is 10.3 Å². The summed E-state index contributed by atoms with van der Waals surface area (Å²) in [5.41, 5.74) is 7.19. The van der Waals surface area contributed by atoms with Gasteiger partial charge in [0.05, 0.1) is 5.52 Å². The Hall–Kier alpha value is -1.42. The lowest BCUT2D eigenvalue weighted by atomic mass is 10.0. The summed E-state index contributed by atoms with van der Waals surface area (Å²) in [4.78, 5) is 4.53. The summed E-state index contributed by atoms with van der Waals surface area (Å²) < 4.78 is 16.0. The summed E-state index contributed by atoms with van der Waals surface area (Å²) >= 11 is 0. The van der Waals surface area contributed by atoms with Gasteiger partial charge in [-0.3, -0.25) is 0 Å². The van der Waals surface area contributed by atoms with Crippen LogP contribution < -0.4 is 5.73 Å². The summed E-state index contributed by atoms with van der Waals surface area (Å²) in [5, 5.41) is 0. The first-order valence-corrected chi connectivity index (χ1v) is 6.96. The lowest BCUT2D eigenvalue weighted by Gasteiger charge is -2.19. The largest absolute Gasteiger partial charge is 0.330 e. The maximum atomic E-state index is 13.9. The SMILES string of the molecule is CCCC(CN)c1nc2c(F)cccc2n1C(C)C. The van der Waals surface area contributed by atoms with E-state index in [0.29, 0.717) is 12.1 Å². The molecule has 0 amide bonds. The molecule has 2 rings (SSSR count). The van der Waals surface area contributed by atoms with E-state index in [1.807, 2.05) is 6.07 Å². The Bertz CT molecular complexity index is 560. The van der Waals surface area contributed by atoms with Gasteiger partial charge in [-0.25, -0.2) is 9.37 Å². The highest BCUT2D eigenvalue weighted by Gasteiger charge is 2.21. The molecule has 1 unspecified atom stereocenters. The third-order valence-corrected chi connectivity index (χ3v) is 3.50. The van der Waals surface area contributed by atoms with E-state index >= 15 is 0 Å². The molecule has 0 bridgehead atoms. The van der Waals surface area contributed by atoms with Crippen LogP contribution in [0.25, 0.3) is 11.0 Å². The van der Waals surface area contributed by atoms with Crippen LogP contribution in [0.15, 0.2) is 18.2 Å². The van der Waals surface area contributed by atoms with Crippen LogP contribution in [-0.4, -0.2) is 16.1 Å². The second-order valence-corrected chi connectivity index (χ2v) is 5.26. The molecule has 19 heavy (non-hydrogen) atoms. The summed E-state index contributed by atoms with van der Waals surface area (Å²) in [6, 6.07) is 5.36. The third kappa shape index (κ3) is 2.50. The highest BCUT2D eigenvalue weighted by molar-refractivity contribution is 5.77. The maximum absolute atomic E-state index is 13.9. The second-order valence-electron chi connectivity index (χ2n) is 5.26. The molecule has 0 spiro atoms. The van der Waals surface area contributed by atoms with E-state index < -0.39 is 0 Å². The van der Waals surface area contributed by atoms with Crippen LogP contribution in [0.5, 0.6) is 0 Å². The molecule has 0 aliphatic rings. The lowest BCUT2D eigenvalue weighted by Crippen LogP contribution is -2.18. The minimum atomic E-state index is -0.259. The van der Waals surface area contributed by atoms with Gasteiger partial charge in [0.25, 0.3) is 0 Å². The fourth-order valence-corrected chi connectivity index (χ4v) is 2.63. The van der Waals surface area contributed by atoms with Gasteiger partial charge in [0.15, 0.2) is 5.82 Å². The number of aromatic nitrogens is 2. The topological polar surface area (TPSA) is 43.8 Å². The van der Waals surface area contributed by atoms with Crippen molar-refractivity contribution in [2.45, 2.75) is 45.6 Å². The number of halogens is 1. The number of rotatable bonds is 5. The molecular weight excluding hydrogens is 241 g/mol. The summed E-state index contributed by atoms with van der Waals surface area (Å²) in [6.07, 6.45) is 2.03. The van der Waals surface area contributed by atoms with Crippen LogP contribution in [0.4, 0.5) is 4.39 Å². The number of nitrogens with zero attached hydrogens (tertiary/aromatic N) is 2. The van der Waals surface area contributed by atoms with Crippen molar-refractivity contribution in [1.82, 2.24) is 9.55 Å². The molecule has 1 aromatic carbocycles. The minimum absolute atomic E-state index is 0.194. The summed E-state index contributed by atoms with van der Waals surface area (Å²) in [6.45, 7) is 6.86. The van der Waals surface area contributed by atoms with Crippen LogP contribution >= 0.6 is 0 Å². The van der Waals surface area contributed by atoms with E-state index in [4.69, 9.17) is 5.73 Å². The Morgan fingerprint density at radius 2 is 2.11 bits per heavy atom. The zero-order valence-corrected chi connectivity index (χ0v) is 11.9. The molecule has 2 aromatic rings. The van der Waals surface area contributed by atoms with E-state index in [9.17, 15) is 4.39 Å². The predicted molar refractivity (Wildman–Crippen MR) is 76.8 cm³/mol. The molecule has 4 heteroatoms. The van der Waals surface area contributed by atoms with Crippen LogP contribution in [0.3, 0.4) is 0 Å². The number of nitrogens with two attached hydrogens (primary N) is 1. The normalized spacial score (nSPS) is 13.4. The van der Waals surface area contributed by atoms with E-state index in [2.05, 4.69) is 30.3 Å². The number of hydrogen-bond donors (Lipinski definition) is 1. The van der Waals surface area contributed by atoms with Gasteiger partial charge in [-0.15, -0.1) is 0 Å². The van der Waals surface area contributed by atoms with Gasteiger partial charge >= 0.3 is 0 Å². The van der Waals surface area contributed by atoms with Crippen molar-refractivity contribution in [3.63, 3.8) is 0 Å². The quantitative estimate of drug-likeness (QED) is 0.895. The average molecular weight is 263 g/mol. The van der Waals surface area contributed by atoms with Crippen LogP contribution in [0.1, 0.15) is 51.4 Å². The van der Waals surface area contributed by atoms with Gasteiger partial charge in [0.2, 0.25) is 0 Å².